The van der Waals surface area contributed by atoms with Gasteiger partial charge in [-0.05, 0) is 49.7 Å². The Morgan fingerprint density at radius 2 is 2.35 bits per heavy atom. The van der Waals surface area contributed by atoms with E-state index in [1.54, 1.807) is 17.5 Å². The Kier molecular flexibility index (Phi) is 3.97. The molecule has 1 N–H and O–H groups in total. The first kappa shape index (κ1) is 14.9. The summed E-state index contributed by atoms with van der Waals surface area (Å²) in [4.78, 5) is 16.5. The second-order valence-electron chi connectivity index (χ2n) is 7.00. The van der Waals surface area contributed by atoms with Crippen LogP contribution in [0.1, 0.15) is 58.6 Å². The van der Waals surface area contributed by atoms with E-state index in [1.165, 1.54) is 16.9 Å². The molecule has 0 spiro atoms. The second-order valence-corrected chi connectivity index (χ2v) is 7.97. The Balaban J connectivity index is 1.53. The van der Waals surface area contributed by atoms with Gasteiger partial charge in [0.15, 0.2) is 0 Å². The van der Waals surface area contributed by atoms with E-state index in [1.807, 2.05) is 6.07 Å². The van der Waals surface area contributed by atoms with E-state index in [4.69, 9.17) is 0 Å². The van der Waals surface area contributed by atoms with Crippen molar-refractivity contribution in [3.63, 3.8) is 0 Å². The van der Waals surface area contributed by atoms with Crippen molar-refractivity contribution in [2.45, 2.75) is 44.9 Å². The molecule has 1 amide bonds. The minimum absolute atomic E-state index is 0.237. The van der Waals surface area contributed by atoms with Crippen LogP contribution in [-0.4, -0.2) is 34.1 Å². The van der Waals surface area contributed by atoms with Gasteiger partial charge in [-0.1, -0.05) is 6.92 Å². The average Bonchev–Trinajstić information content (AvgIpc) is 3.23. The Bertz CT molecular complexity index is 691. The number of piperidine rings is 1. The maximum atomic E-state index is 13.0. The monoisotopic (exact) mass is 329 g/mol. The molecule has 0 aromatic carbocycles. The van der Waals surface area contributed by atoms with Crippen molar-refractivity contribution in [1.29, 1.82) is 0 Å². The van der Waals surface area contributed by atoms with Crippen LogP contribution in [0.25, 0.3) is 0 Å². The fourth-order valence-electron chi connectivity index (χ4n) is 3.94. The van der Waals surface area contributed by atoms with Gasteiger partial charge in [0.25, 0.3) is 5.91 Å². The van der Waals surface area contributed by atoms with Gasteiger partial charge in [0.2, 0.25) is 0 Å². The molecule has 122 valence electrons. The molecular formula is C18H23N3OS. The van der Waals surface area contributed by atoms with Crippen molar-refractivity contribution < 1.29 is 4.79 Å². The Labute approximate surface area is 140 Å². The molecule has 2 aromatic rings. The van der Waals surface area contributed by atoms with Gasteiger partial charge in [-0.2, -0.15) is 5.10 Å². The molecule has 2 aromatic heterocycles. The van der Waals surface area contributed by atoms with Gasteiger partial charge in [-0.3, -0.25) is 9.89 Å². The third-order valence-electron chi connectivity index (χ3n) is 5.30. The molecule has 1 aliphatic carbocycles. The largest absolute Gasteiger partial charge is 0.338 e. The number of aromatic amines is 1. The maximum absolute atomic E-state index is 13.0. The van der Waals surface area contributed by atoms with E-state index < -0.39 is 0 Å². The minimum atomic E-state index is 0.237. The number of amides is 1. The first-order chi connectivity index (χ1) is 11.2. The van der Waals surface area contributed by atoms with Crippen molar-refractivity contribution in [2.75, 3.05) is 13.1 Å². The van der Waals surface area contributed by atoms with Crippen molar-refractivity contribution in [2.24, 2.45) is 5.92 Å². The molecule has 0 radical (unpaired) electrons. The lowest BCUT2D eigenvalue weighted by Crippen LogP contribution is -2.39. The number of carbonyl (C=O) groups excluding carboxylic acids is 1. The highest BCUT2D eigenvalue weighted by Gasteiger charge is 2.30. The van der Waals surface area contributed by atoms with Crippen molar-refractivity contribution in [1.82, 2.24) is 15.1 Å². The number of nitrogens with zero attached hydrogens (tertiary/aromatic N) is 2. The van der Waals surface area contributed by atoms with Crippen LogP contribution < -0.4 is 0 Å². The Morgan fingerprint density at radius 3 is 3.17 bits per heavy atom. The van der Waals surface area contributed by atoms with Crippen LogP contribution in [0.5, 0.6) is 0 Å². The van der Waals surface area contributed by atoms with Gasteiger partial charge in [0.1, 0.15) is 0 Å². The van der Waals surface area contributed by atoms with Crippen molar-refractivity contribution >= 4 is 17.2 Å². The summed E-state index contributed by atoms with van der Waals surface area (Å²) in [6, 6.07) is 2.03. The number of aromatic nitrogens is 2. The first-order valence-electron chi connectivity index (χ1n) is 8.60. The SMILES string of the molecule is C[C@@H]1CCc2c(C(=O)N3CCC[C@@H](c4ccn[nH]4)C3)csc2C1. The summed E-state index contributed by atoms with van der Waals surface area (Å²) in [6.45, 7) is 4.00. The molecular weight excluding hydrogens is 306 g/mol. The Morgan fingerprint density at radius 1 is 1.43 bits per heavy atom. The third kappa shape index (κ3) is 2.82. The van der Waals surface area contributed by atoms with E-state index >= 15 is 0 Å². The number of hydrogen-bond donors (Lipinski definition) is 1. The summed E-state index contributed by atoms with van der Waals surface area (Å²) < 4.78 is 0. The molecule has 1 fully saturated rings. The standard InChI is InChI=1S/C18H23N3OS/c1-12-4-5-14-15(11-23-17(14)9-12)18(22)21-8-2-3-13(10-21)16-6-7-19-20-16/h6-7,11-13H,2-5,8-10H2,1H3,(H,19,20)/t12-,13-/m1/s1. The highest BCUT2D eigenvalue weighted by atomic mass is 32.1. The molecule has 5 heteroatoms. The molecule has 0 unspecified atom stereocenters. The summed E-state index contributed by atoms with van der Waals surface area (Å²) in [7, 11) is 0. The highest BCUT2D eigenvalue weighted by Crippen LogP contribution is 2.34. The minimum Gasteiger partial charge on any atom is -0.338 e. The number of carbonyl (C=O) groups is 1. The molecule has 4 rings (SSSR count). The molecule has 3 heterocycles. The molecule has 2 atom stereocenters. The fraction of sp³-hybridized carbons (Fsp3) is 0.556. The number of thiophene rings is 1. The fourth-order valence-corrected chi connectivity index (χ4v) is 5.17. The zero-order valence-corrected chi connectivity index (χ0v) is 14.4. The zero-order valence-electron chi connectivity index (χ0n) is 13.5. The lowest BCUT2D eigenvalue weighted by molar-refractivity contribution is 0.0705. The molecule has 0 bridgehead atoms. The normalized spacial score (nSPS) is 24.5. The molecule has 23 heavy (non-hydrogen) atoms. The number of hydrogen-bond acceptors (Lipinski definition) is 3. The number of rotatable bonds is 2. The van der Waals surface area contributed by atoms with E-state index in [0.29, 0.717) is 5.92 Å². The smallest absolute Gasteiger partial charge is 0.255 e. The summed E-state index contributed by atoms with van der Waals surface area (Å²) in [5.41, 5.74) is 3.47. The summed E-state index contributed by atoms with van der Waals surface area (Å²) in [5, 5.41) is 9.23. The quantitative estimate of drug-likeness (QED) is 0.915. The second kappa shape index (κ2) is 6.11. The summed E-state index contributed by atoms with van der Waals surface area (Å²) in [5.74, 6) is 1.38. The van der Waals surface area contributed by atoms with Gasteiger partial charge in [-0.25, -0.2) is 0 Å². The van der Waals surface area contributed by atoms with Crippen LogP contribution in [0.2, 0.25) is 0 Å². The van der Waals surface area contributed by atoms with E-state index in [2.05, 4.69) is 27.4 Å². The van der Waals surface area contributed by atoms with Gasteiger partial charge in [0, 0.05) is 41.2 Å². The van der Waals surface area contributed by atoms with Crippen molar-refractivity contribution in [3.05, 3.63) is 39.3 Å². The van der Waals surface area contributed by atoms with Crippen LogP contribution in [0.4, 0.5) is 0 Å². The van der Waals surface area contributed by atoms with Crippen LogP contribution in [0.3, 0.4) is 0 Å². The van der Waals surface area contributed by atoms with Gasteiger partial charge < -0.3 is 4.90 Å². The first-order valence-corrected chi connectivity index (χ1v) is 9.48. The van der Waals surface area contributed by atoms with E-state index in [9.17, 15) is 4.79 Å². The van der Waals surface area contributed by atoms with Gasteiger partial charge in [0.05, 0.1) is 5.56 Å². The topological polar surface area (TPSA) is 49.0 Å². The molecule has 2 aliphatic rings. The maximum Gasteiger partial charge on any atom is 0.255 e. The van der Waals surface area contributed by atoms with E-state index in [-0.39, 0.29) is 5.91 Å². The lowest BCUT2D eigenvalue weighted by atomic mass is 9.88. The van der Waals surface area contributed by atoms with Gasteiger partial charge >= 0.3 is 0 Å². The number of fused-ring (bicyclic) bond motifs is 1. The number of H-pyrrole nitrogens is 1. The van der Waals surface area contributed by atoms with Gasteiger partial charge in [-0.15, -0.1) is 11.3 Å². The Hall–Kier alpha value is -1.62. The van der Waals surface area contributed by atoms with Crippen LogP contribution >= 0.6 is 11.3 Å². The molecule has 0 saturated carbocycles. The molecule has 1 aliphatic heterocycles. The van der Waals surface area contributed by atoms with Crippen LogP contribution in [0.15, 0.2) is 17.6 Å². The number of nitrogens with one attached hydrogen (secondary N) is 1. The predicted molar refractivity (Wildman–Crippen MR) is 92.0 cm³/mol. The van der Waals surface area contributed by atoms with E-state index in [0.717, 1.165) is 55.9 Å². The molecule has 4 nitrogen and oxygen atoms in total. The third-order valence-corrected chi connectivity index (χ3v) is 6.35. The lowest BCUT2D eigenvalue weighted by Gasteiger charge is -2.32. The summed E-state index contributed by atoms with van der Waals surface area (Å²) in [6.07, 6.45) is 7.42. The predicted octanol–water partition coefficient (Wildman–Crippen LogP) is 3.62. The van der Waals surface area contributed by atoms with Crippen LogP contribution in [-0.2, 0) is 12.8 Å². The average molecular weight is 329 g/mol. The molecule has 1 saturated heterocycles. The number of likely N-dealkylation sites (tertiary alicyclic amines) is 1. The van der Waals surface area contributed by atoms with Crippen LogP contribution in [0, 0.1) is 5.92 Å². The highest BCUT2D eigenvalue weighted by molar-refractivity contribution is 7.10. The van der Waals surface area contributed by atoms with Crippen molar-refractivity contribution in [3.8, 4) is 0 Å². The summed E-state index contributed by atoms with van der Waals surface area (Å²) >= 11 is 1.78. The zero-order chi connectivity index (χ0) is 15.8.